The quantitative estimate of drug-likeness (QED) is 0.789. The molecule has 0 bridgehead atoms. The van der Waals surface area contributed by atoms with Gasteiger partial charge in [0.1, 0.15) is 0 Å². The summed E-state index contributed by atoms with van der Waals surface area (Å²) in [5.41, 5.74) is -1.08. The standard InChI is InChI=1S/C12H14F3NO.C6H7NO.C2H6/c13-12(14,15)10-3-1-9(2-4-10)11(17)5-7-16-8-6-11;1-7-5-3-2-4-6(7)8;1-2/h1-4,16-17H,5-8H2;2-5H,1H3;1-2H3. The van der Waals surface area contributed by atoms with Gasteiger partial charge in [-0.05, 0) is 49.7 Å². The van der Waals surface area contributed by atoms with E-state index in [0.29, 0.717) is 31.5 Å². The minimum absolute atomic E-state index is 0.0347. The smallest absolute Gasteiger partial charge is 0.385 e. The maximum absolute atomic E-state index is 12.4. The molecule has 1 aromatic carbocycles. The molecule has 2 heterocycles. The minimum atomic E-state index is -4.32. The Morgan fingerprint density at radius 3 is 2.00 bits per heavy atom. The van der Waals surface area contributed by atoms with Crippen LogP contribution in [0.15, 0.2) is 53.5 Å². The monoisotopic (exact) mass is 384 g/mol. The van der Waals surface area contributed by atoms with E-state index < -0.39 is 17.3 Å². The lowest BCUT2D eigenvalue weighted by Crippen LogP contribution is -2.39. The molecule has 1 aliphatic heterocycles. The van der Waals surface area contributed by atoms with Gasteiger partial charge in [-0.1, -0.05) is 32.0 Å². The summed E-state index contributed by atoms with van der Waals surface area (Å²) in [5, 5.41) is 13.4. The summed E-state index contributed by atoms with van der Waals surface area (Å²) in [5.74, 6) is 0. The first-order valence-electron chi connectivity index (χ1n) is 8.95. The van der Waals surface area contributed by atoms with Gasteiger partial charge in [-0.15, -0.1) is 0 Å². The third-order valence-electron chi connectivity index (χ3n) is 4.19. The average Bonchev–Trinajstić information content (AvgIpc) is 2.66. The number of rotatable bonds is 1. The van der Waals surface area contributed by atoms with Crippen LogP contribution in [0.4, 0.5) is 13.2 Å². The zero-order chi connectivity index (χ0) is 20.5. The van der Waals surface area contributed by atoms with Gasteiger partial charge in [-0.2, -0.15) is 13.2 Å². The second kappa shape index (κ2) is 10.3. The molecule has 0 atom stereocenters. The predicted octanol–water partition coefficient (Wildman–Crippen LogP) is 3.69. The van der Waals surface area contributed by atoms with E-state index in [1.165, 1.54) is 22.8 Å². The summed E-state index contributed by atoms with van der Waals surface area (Å²) in [4.78, 5) is 10.6. The molecule has 1 saturated heterocycles. The van der Waals surface area contributed by atoms with Crippen molar-refractivity contribution >= 4 is 0 Å². The molecule has 1 fully saturated rings. The van der Waals surface area contributed by atoms with Gasteiger partial charge in [0.05, 0.1) is 11.2 Å². The van der Waals surface area contributed by atoms with Crippen molar-refractivity contribution in [3.8, 4) is 0 Å². The Bertz CT molecular complexity index is 734. The van der Waals surface area contributed by atoms with E-state index in [-0.39, 0.29) is 5.56 Å². The first-order valence-corrected chi connectivity index (χ1v) is 8.95. The molecule has 1 aliphatic rings. The van der Waals surface area contributed by atoms with Crippen LogP contribution in [0.5, 0.6) is 0 Å². The van der Waals surface area contributed by atoms with Crippen LogP contribution < -0.4 is 10.9 Å². The zero-order valence-corrected chi connectivity index (χ0v) is 15.9. The second-order valence-corrected chi connectivity index (χ2v) is 6.01. The Morgan fingerprint density at radius 2 is 1.59 bits per heavy atom. The number of aromatic nitrogens is 1. The van der Waals surface area contributed by atoms with Crippen molar-refractivity contribution < 1.29 is 18.3 Å². The minimum Gasteiger partial charge on any atom is -0.385 e. The fourth-order valence-electron chi connectivity index (χ4n) is 2.61. The van der Waals surface area contributed by atoms with Crippen molar-refractivity contribution in [2.45, 2.75) is 38.5 Å². The maximum Gasteiger partial charge on any atom is 0.416 e. The van der Waals surface area contributed by atoms with Gasteiger partial charge in [-0.3, -0.25) is 4.79 Å². The Labute approximate surface area is 157 Å². The lowest BCUT2D eigenvalue weighted by molar-refractivity contribution is -0.137. The molecule has 2 aromatic rings. The van der Waals surface area contributed by atoms with Crippen molar-refractivity contribution in [1.29, 1.82) is 0 Å². The highest BCUT2D eigenvalue weighted by Gasteiger charge is 2.33. The van der Waals surface area contributed by atoms with Gasteiger partial charge < -0.3 is 15.0 Å². The highest BCUT2D eigenvalue weighted by atomic mass is 19.4. The molecule has 0 saturated carbocycles. The van der Waals surface area contributed by atoms with E-state index in [1.54, 1.807) is 19.3 Å². The lowest BCUT2D eigenvalue weighted by atomic mass is 9.85. The first kappa shape index (κ1) is 22.9. The van der Waals surface area contributed by atoms with E-state index in [0.717, 1.165) is 12.1 Å². The first-order chi connectivity index (χ1) is 12.7. The second-order valence-electron chi connectivity index (χ2n) is 6.01. The number of hydrogen-bond donors (Lipinski definition) is 2. The van der Waals surface area contributed by atoms with Crippen molar-refractivity contribution in [3.05, 3.63) is 70.1 Å². The summed E-state index contributed by atoms with van der Waals surface area (Å²) in [6.07, 6.45) is -1.55. The van der Waals surface area contributed by atoms with Crippen LogP contribution >= 0.6 is 0 Å². The summed E-state index contributed by atoms with van der Waals surface area (Å²) >= 11 is 0. The number of aryl methyl sites for hydroxylation is 1. The molecule has 0 aliphatic carbocycles. The number of halogens is 3. The van der Waals surface area contributed by atoms with Crippen molar-refractivity contribution in [2.24, 2.45) is 7.05 Å². The molecule has 0 amide bonds. The number of nitrogens with zero attached hydrogens (tertiary/aromatic N) is 1. The van der Waals surface area contributed by atoms with Gasteiger partial charge >= 0.3 is 6.18 Å². The fraction of sp³-hybridized carbons (Fsp3) is 0.450. The van der Waals surface area contributed by atoms with Crippen LogP contribution in [0.1, 0.15) is 37.8 Å². The number of benzene rings is 1. The van der Waals surface area contributed by atoms with Crippen LogP contribution in [0.25, 0.3) is 0 Å². The Kier molecular flexibility index (Phi) is 8.72. The Hall–Kier alpha value is -2.12. The van der Waals surface area contributed by atoms with E-state index >= 15 is 0 Å². The van der Waals surface area contributed by atoms with Crippen LogP contribution in [0, 0.1) is 0 Å². The summed E-state index contributed by atoms with van der Waals surface area (Å²) in [7, 11) is 1.72. The molecule has 0 radical (unpaired) electrons. The van der Waals surface area contributed by atoms with Crippen molar-refractivity contribution in [3.63, 3.8) is 0 Å². The molecule has 1 aromatic heterocycles. The van der Waals surface area contributed by atoms with E-state index in [2.05, 4.69) is 5.32 Å². The Balaban J connectivity index is 0.000000305. The largest absolute Gasteiger partial charge is 0.416 e. The van der Waals surface area contributed by atoms with Gasteiger partial charge in [0.2, 0.25) is 5.56 Å². The summed E-state index contributed by atoms with van der Waals surface area (Å²) < 4.78 is 38.7. The molecule has 0 unspecified atom stereocenters. The fourth-order valence-corrected chi connectivity index (χ4v) is 2.61. The molecular formula is C20H27F3N2O2. The number of piperidine rings is 1. The van der Waals surface area contributed by atoms with Gasteiger partial charge in [-0.25, -0.2) is 0 Å². The molecule has 3 rings (SSSR count). The van der Waals surface area contributed by atoms with Crippen LogP contribution in [-0.4, -0.2) is 22.8 Å². The Morgan fingerprint density at radius 1 is 1.04 bits per heavy atom. The van der Waals surface area contributed by atoms with E-state index in [9.17, 15) is 23.1 Å². The van der Waals surface area contributed by atoms with Gasteiger partial charge in [0.15, 0.2) is 0 Å². The lowest BCUT2D eigenvalue weighted by Gasteiger charge is -2.33. The molecule has 0 spiro atoms. The third-order valence-corrected chi connectivity index (χ3v) is 4.19. The summed E-state index contributed by atoms with van der Waals surface area (Å²) in [6.45, 7) is 5.36. The molecular weight excluding hydrogens is 357 g/mol. The molecule has 4 nitrogen and oxygen atoms in total. The number of aliphatic hydroxyl groups is 1. The highest BCUT2D eigenvalue weighted by Crippen LogP contribution is 2.34. The zero-order valence-electron chi connectivity index (χ0n) is 15.9. The van der Waals surface area contributed by atoms with Crippen molar-refractivity contribution in [1.82, 2.24) is 9.88 Å². The van der Waals surface area contributed by atoms with Crippen LogP contribution in [0.3, 0.4) is 0 Å². The molecule has 150 valence electrons. The van der Waals surface area contributed by atoms with Gasteiger partial charge in [0.25, 0.3) is 0 Å². The normalized spacial score (nSPS) is 15.7. The summed E-state index contributed by atoms with van der Waals surface area (Å²) in [6, 6.07) is 9.86. The maximum atomic E-state index is 12.4. The number of nitrogens with one attached hydrogen (secondary N) is 1. The SMILES string of the molecule is CC.Cn1ccccc1=O.OC1(c2ccc(C(F)(F)F)cc2)CCNCC1. The van der Waals surface area contributed by atoms with E-state index in [4.69, 9.17) is 0 Å². The molecule has 7 heteroatoms. The number of hydrogen-bond acceptors (Lipinski definition) is 3. The van der Waals surface area contributed by atoms with Gasteiger partial charge in [0, 0.05) is 19.3 Å². The van der Waals surface area contributed by atoms with Crippen LogP contribution in [-0.2, 0) is 18.8 Å². The molecule has 27 heavy (non-hydrogen) atoms. The third kappa shape index (κ3) is 6.84. The van der Waals surface area contributed by atoms with Crippen LogP contribution in [0.2, 0.25) is 0 Å². The topological polar surface area (TPSA) is 54.3 Å². The highest BCUT2D eigenvalue weighted by molar-refractivity contribution is 5.29. The predicted molar refractivity (Wildman–Crippen MR) is 100 cm³/mol. The number of pyridine rings is 1. The average molecular weight is 384 g/mol. The van der Waals surface area contributed by atoms with Crippen molar-refractivity contribution in [2.75, 3.05) is 13.1 Å². The van der Waals surface area contributed by atoms with E-state index in [1.807, 2.05) is 19.9 Å². The molecule has 2 N–H and O–H groups in total. The number of alkyl halides is 3.